The third-order valence-electron chi connectivity index (χ3n) is 5.61. The molecule has 2 unspecified atom stereocenters. The number of ether oxygens (including phenoxy) is 1. The van der Waals surface area contributed by atoms with Gasteiger partial charge in [0.2, 0.25) is 0 Å². The minimum atomic E-state index is -4.47. The number of rotatable bonds is 4. The average molecular weight is 400 g/mol. The molecule has 4 rings (SSSR count). The maximum atomic E-state index is 14.0. The molecule has 2 aromatic heterocycles. The van der Waals surface area contributed by atoms with E-state index in [1.165, 1.54) is 18.3 Å². The molecular formula is C18H20F4N4O2. The van der Waals surface area contributed by atoms with Gasteiger partial charge in [0, 0.05) is 35.9 Å². The maximum Gasteiger partial charge on any atom is 0.390 e. The molecule has 2 aliphatic rings. The number of carbonyl (C=O) groups excluding carboxylic acids is 1. The number of hydrogen-bond acceptors (Lipinski definition) is 4. The molecule has 2 bridgehead atoms. The Labute approximate surface area is 158 Å². The molecule has 10 heteroatoms. The van der Waals surface area contributed by atoms with Gasteiger partial charge in [-0.25, -0.2) is 13.8 Å². The van der Waals surface area contributed by atoms with Gasteiger partial charge < -0.3 is 10.1 Å². The van der Waals surface area contributed by atoms with Crippen LogP contribution >= 0.6 is 0 Å². The number of aromatic nitrogens is 2. The number of halogens is 4. The van der Waals surface area contributed by atoms with E-state index in [9.17, 15) is 22.4 Å². The number of nitrogens with one attached hydrogen (secondary N) is 1. The van der Waals surface area contributed by atoms with E-state index in [2.05, 4.69) is 15.2 Å². The van der Waals surface area contributed by atoms with E-state index in [4.69, 9.17) is 4.74 Å². The van der Waals surface area contributed by atoms with Gasteiger partial charge in [0.15, 0.2) is 0 Å². The van der Waals surface area contributed by atoms with Gasteiger partial charge in [-0.2, -0.15) is 8.78 Å². The number of morpholine rings is 1. The predicted octanol–water partition coefficient (Wildman–Crippen LogP) is 2.44. The Morgan fingerprint density at radius 3 is 2.64 bits per heavy atom. The van der Waals surface area contributed by atoms with Gasteiger partial charge in [0.1, 0.15) is 5.65 Å². The zero-order valence-corrected chi connectivity index (χ0v) is 15.1. The highest BCUT2D eigenvalue weighted by Gasteiger charge is 2.45. The van der Waals surface area contributed by atoms with Crippen LogP contribution in [-0.4, -0.2) is 65.2 Å². The molecule has 28 heavy (non-hydrogen) atoms. The summed E-state index contributed by atoms with van der Waals surface area (Å²) in [6.07, 6.45) is -0.599. The molecule has 0 saturated carbocycles. The van der Waals surface area contributed by atoms with Crippen molar-refractivity contribution >= 4 is 16.9 Å². The number of hydrogen-bond donors (Lipinski definition) is 1. The number of fused-ring (bicyclic) bond motifs is 3. The van der Waals surface area contributed by atoms with Crippen LogP contribution in [0.2, 0.25) is 0 Å². The summed E-state index contributed by atoms with van der Waals surface area (Å²) in [5, 5.41) is 2.98. The normalized spacial score (nSPS) is 26.0. The first-order valence-corrected chi connectivity index (χ1v) is 9.02. The summed E-state index contributed by atoms with van der Waals surface area (Å²) in [5.41, 5.74) is -0.449. The second kappa shape index (κ2) is 7.00. The van der Waals surface area contributed by atoms with Gasteiger partial charge in [0.25, 0.3) is 5.91 Å². The van der Waals surface area contributed by atoms with Crippen LogP contribution in [0.15, 0.2) is 24.5 Å². The minimum Gasteiger partial charge on any atom is -0.378 e. The molecule has 0 aromatic carbocycles. The van der Waals surface area contributed by atoms with E-state index < -0.39 is 18.4 Å². The number of pyridine rings is 1. The topological polar surface area (TPSA) is 59.4 Å². The summed E-state index contributed by atoms with van der Waals surface area (Å²) in [4.78, 5) is 18.8. The summed E-state index contributed by atoms with van der Waals surface area (Å²) in [7, 11) is 2.02. The lowest BCUT2D eigenvalue weighted by atomic mass is 9.90. The van der Waals surface area contributed by atoms with Gasteiger partial charge in [0.05, 0.1) is 18.8 Å². The molecular weight excluding hydrogens is 380 g/mol. The van der Waals surface area contributed by atoms with Gasteiger partial charge in [-0.05, 0) is 32.0 Å². The molecule has 2 aromatic rings. The molecule has 4 heterocycles. The predicted molar refractivity (Wildman–Crippen MR) is 92.6 cm³/mol. The van der Waals surface area contributed by atoms with Crippen molar-refractivity contribution < 1.29 is 27.1 Å². The van der Waals surface area contributed by atoms with E-state index >= 15 is 0 Å². The number of carbonyl (C=O) groups is 1. The molecule has 0 aliphatic carbocycles. The number of alkyl halides is 4. The average Bonchev–Trinajstić information content (AvgIpc) is 3.03. The number of piperidine rings is 1. The van der Waals surface area contributed by atoms with Crippen molar-refractivity contribution in [3.63, 3.8) is 0 Å². The Hall–Kier alpha value is -2.20. The van der Waals surface area contributed by atoms with E-state index in [1.807, 2.05) is 7.05 Å². The van der Waals surface area contributed by atoms with Crippen molar-refractivity contribution in [1.82, 2.24) is 19.8 Å². The van der Waals surface area contributed by atoms with Crippen LogP contribution in [-0.2, 0) is 10.8 Å². The lowest BCUT2D eigenvalue weighted by molar-refractivity contribution is -0.187. The van der Waals surface area contributed by atoms with Crippen LogP contribution in [0.4, 0.5) is 17.6 Å². The Bertz CT molecular complexity index is 874. The first-order chi connectivity index (χ1) is 13.3. The van der Waals surface area contributed by atoms with Crippen molar-refractivity contribution in [2.24, 2.45) is 0 Å². The zero-order chi connectivity index (χ0) is 20.1. The van der Waals surface area contributed by atoms with E-state index in [1.54, 1.807) is 0 Å². The summed E-state index contributed by atoms with van der Waals surface area (Å²) in [5.74, 6) is -0.574. The molecule has 2 aliphatic heterocycles. The Kier molecular flexibility index (Phi) is 4.78. The molecule has 0 spiro atoms. The fourth-order valence-electron chi connectivity index (χ4n) is 4.05. The van der Waals surface area contributed by atoms with Crippen molar-refractivity contribution in [2.45, 2.75) is 43.4 Å². The quantitative estimate of drug-likeness (QED) is 0.801. The Morgan fingerprint density at radius 1 is 1.32 bits per heavy atom. The Morgan fingerprint density at radius 2 is 2.00 bits per heavy atom. The molecule has 0 radical (unpaired) electrons. The summed E-state index contributed by atoms with van der Waals surface area (Å²) in [6, 6.07) is -1.37. The monoisotopic (exact) mass is 400 g/mol. The third kappa shape index (κ3) is 3.14. The van der Waals surface area contributed by atoms with Crippen LogP contribution in [0.5, 0.6) is 0 Å². The first-order valence-electron chi connectivity index (χ1n) is 9.02. The van der Waals surface area contributed by atoms with Crippen molar-refractivity contribution in [2.75, 3.05) is 20.3 Å². The van der Waals surface area contributed by atoms with Crippen molar-refractivity contribution in [3.05, 3.63) is 30.1 Å². The van der Waals surface area contributed by atoms with E-state index in [0.717, 1.165) is 6.20 Å². The van der Waals surface area contributed by atoms with Crippen molar-refractivity contribution in [1.29, 1.82) is 0 Å². The van der Waals surface area contributed by atoms with Crippen LogP contribution in [0, 0.1) is 0 Å². The molecule has 2 saturated heterocycles. The molecule has 152 valence electrons. The van der Waals surface area contributed by atoms with Gasteiger partial charge >= 0.3 is 12.5 Å². The second-order valence-corrected chi connectivity index (χ2v) is 7.33. The smallest absolute Gasteiger partial charge is 0.378 e. The van der Waals surface area contributed by atoms with Crippen molar-refractivity contribution in [3.8, 4) is 0 Å². The van der Waals surface area contributed by atoms with Gasteiger partial charge in [-0.3, -0.25) is 14.3 Å². The van der Waals surface area contributed by atoms with Crippen LogP contribution in [0.25, 0.3) is 11.0 Å². The van der Waals surface area contributed by atoms with E-state index in [-0.39, 0.29) is 39.3 Å². The fourth-order valence-corrected chi connectivity index (χ4v) is 4.05. The summed E-state index contributed by atoms with van der Waals surface area (Å²) in [6.45, 7) is 1.15. The maximum absolute atomic E-state index is 14.0. The summed E-state index contributed by atoms with van der Waals surface area (Å²) >= 11 is 0. The third-order valence-corrected chi connectivity index (χ3v) is 5.61. The molecule has 1 N–H and O–H groups in total. The lowest BCUT2D eigenvalue weighted by Gasteiger charge is -2.46. The molecule has 6 nitrogen and oxygen atoms in total. The highest BCUT2D eigenvalue weighted by atomic mass is 19.3. The van der Waals surface area contributed by atoms with Crippen LogP contribution < -0.4 is 5.32 Å². The second-order valence-electron chi connectivity index (χ2n) is 7.33. The molecule has 2 atom stereocenters. The number of amides is 1. The Balaban J connectivity index is 1.62. The van der Waals surface area contributed by atoms with Crippen LogP contribution in [0.1, 0.15) is 23.2 Å². The zero-order valence-electron chi connectivity index (χ0n) is 15.1. The highest BCUT2D eigenvalue weighted by molar-refractivity contribution is 6.06. The standard InChI is InChI=1S/C18H20F4N4O2/c1-25-11-5-10(6-12(25)9-28-8-11)24-16(27)14-7-26(18(21,22)17(19)20)15-13(14)3-2-4-23-15/h2-4,7,10-12,17H,5-6,8-9H2,1H3,(H,24,27). The molecule has 2 fully saturated rings. The fraction of sp³-hybridized carbons (Fsp3) is 0.556. The number of likely N-dealkylation sites (N-methyl/N-ethyl adjacent to an activating group) is 1. The first kappa shape index (κ1) is 19.1. The SMILES string of the molecule is CN1C2COCC1CC(NC(=O)c1cn(C(F)(F)C(F)F)c3ncccc13)C2. The minimum absolute atomic E-state index is 0.0825. The highest BCUT2D eigenvalue weighted by Crippen LogP contribution is 2.34. The van der Waals surface area contributed by atoms with Gasteiger partial charge in [-0.1, -0.05) is 0 Å². The molecule has 1 amide bonds. The lowest BCUT2D eigenvalue weighted by Crippen LogP contribution is -2.59. The van der Waals surface area contributed by atoms with Gasteiger partial charge in [-0.15, -0.1) is 0 Å². The van der Waals surface area contributed by atoms with Crippen LogP contribution in [0.3, 0.4) is 0 Å². The van der Waals surface area contributed by atoms with E-state index in [0.29, 0.717) is 26.1 Å². The summed E-state index contributed by atoms with van der Waals surface area (Å²) < 4.78 is 59.3. The number of nitrogens with zero attached hydrogens (tertiary/aromatic N) is 3. The largest absolute Gasteiger partial charge is 0.390 e.